The smallest absolute Gasteiger partial charge is 0.340 e. The predicted octanol–water partition coefficient (Wildman–Crippen LogP) is 7.74. The lowest BCUT2D eigenvalue weighted by Gasteiger charge is -2.62. The van der Waals surface area contributed by atoms with Gasteiger partial charge in [-0.15, -0.1) is 0 Å². The van der Waals surface area contributed by atoms with Crippen molar-refractivity contribution >= 4 is 11.7 Å². The molecule has 48 heavy (non-hydrogen) atoms. The average Bonchev–Trinajstić information content (AvgIpc) is 3.40. The molecule has 6 heterocycles. The third kappa shape index (κ3) is 4.97. The van der Waals surface area contributed by atoms with Gasteiger partial charge in [0.05, 0.1) is 29.4 Å². The molecule has 0 aromatic rings. The maximum atomic E-state index is 13.2. The first-order chi connectivity index (χ1) is 22.6. The van der Waals surface area contributed by atoms with Crippen LogP contribution in [0.5, 0.6) is 0 Å². The Morgan fingerprint density at radius 1 is 0.708 bits per heavy atom. The highest BCUT2D eigenvalue weighted by Crippen LogP contribution is 2.63. The molecule has 6 aliphatic heterocycles. The van der Waals surface area contributed by atoms with Crippen LogP contribution >= 0.6 is 0 Å². The number of fused-ring (bicyclic) bond motifs is 4. The highest BCUT2D eigenvalue weighted by Gasteiger charge is 2.70. The van der Waals surface area contributed by atoms with Crippen molar-refractivity contribution in [2.75, 3.05) is 0 Å². The lowest BCUT2D eigenvalue weighted by Crippen LogP contribution is -2.71. The zero-order valence-corrected chi connectivity index (χ0v) is 30.9. The molecule has 10 aliphatic rings. The Hall–Kier alpha value is -1.10. The van der Waals surface area contributed by atoms with E-state index in [1.54, 1.807) is 0 Å². The summed E-state index contributed by atoms with van der Waals surface area (Å²) >= 11 is 0. The van der Waals surface area contributed by atoms with Gasteiger partial charge in [0.25, 0.3) is 0 Å². The zero-order valence-electron chi connectivity index (χ0n) is 30.9. The average molecular weight is 672 g/mol. The summed E-state index contributed by atoms with van der Waals surface area (Å²) in [6, 6.07) is 0. The number of hydrogen-bond donors (Lipinski definition) is 0. The lowest BCUT2D eigenvalue weighted by atomic mass is 9.55. The highest BCUT2D eigenvalue weighted by atomic mass is 17.2. The molecule has 4 saturated carbocycles. The second-order valence-electron chi connectivity index (χ2n) is 19.3. The summed E-state index contributed by atoms with van der Waals surface area (Å²) in [5.74, 6) is 2.47. The molecule has 0 N–H and O–H groups in total. The number of carbonyl (C=O) groups is 1. The van der Waals surface area contributed by atoms with E-state index < -0.39 is 16.6 Å². The zero-order chi connectivity index (χ0) is 34.0. The van der Waals surface area contributed by atoms with Crippen LogP contribution < -0.4 is 0 Å². The van der Waals surface area contributed by atoms with Crippen molar-refractivity contribution in [2.24, 2.45) is 57.9 Å². The number of oxime groups is 1. The number of carbonyl (C=O) groups excluding carboxylic acids is 1. The molecule has 10 fully saturated rings. The van der Waals surface area contributed by atoms with Crippen molar-refractivity contribution < 1.29 is 38.7 Å². The first-order valence-electron chi connectivity index (χ1n) is 19.4. The summed E-state index contributed by atoms with van der Waals surface area (Å²) < 4.78 is 14.5. The summed E-state index contributed by atoms with van der Waals surface area (Å²) in [5.41, 5.74) is -1.49. The van der Waals surface area contributed by atoms with Gasteiger partial charge in [-0.05, 0) is 133 Å². The third-order valence-electron chi connectivity index (χ3n) is 15.1. The van der Waals surface area contributed by atoms with E-state index >= 15 is 0 Å². The van der Waals surface area contributed by atoms with Crippen molar-refractivity contribution in [1.82, 2.24) is 0 Å². The molecular weight excluding hydrogens is 610 g/mol. The minimum Gasteiger partial charge on any atom is -0.371 e. The monoisotopic (exact) mass is 671 g/mol. The van der Waals surface area contributed by atoms with Gasteiger partial charge in [0.2, 0.25) is 0 Å². The maximum absolute atomic E-state index is 13.2. The molecule has 9 heteroatoms. The lowest BCUT2D eigenvalue weighted by molar-refractivity contribution is -0.487. The molecule has 0 aromatic heterocycles. The number of hydrogen-bond acceptors (Lipinski definition) is 9. The molecule has 9 nitrogen and oxygen atoms in total. The fourth-order valence-corrected chi connectivity index (χ4v) is 12.3. The van der Waals surface area contributed by atoms with Crippen molar-refractivity contribution in [3.05, 3.63) is 0 Å². The van der Waals surface area contributed by atoms with E-state index in [0.717, 1.165) is 57.1 Å². The van der Waals surface area contributed by atoms with Crippen LogP contribution in [0.15, 0.2) is 5.16 Å². The largest absolute Gasteiger partial charge is 0.371 e. The van der Waals surface area contributed by atoms with E-state index in [1.807, 2.05) is 20.8 Å². The summed E-state index contributed by atoms with van der Waals surface area (Å²) in [6.07, 6.45) is 10.3. The third-order valence-corrected chi connectivity index (χ3v) is 15.1. The van der Waals surface area contributed by atoms with Crippen LogP contribution in [0.2, 0.25) is 0 Å². The molecule has 0 radical (unpaired) electrons. The predicted molar refractivity (Wildman–Crippen MR) is 178 cm³/mol. The minimum atomic E-state index is -0.675. The molecule has 0 amide bonds. The van der Waals surface area contributed by atoms with E-state index in [4.69, 9.17) is 39.0 Å². The van der Waals surface area contributed by atoms with Gasteiger partial charge in [0, 0.05) is 19.3 Å². The fourth-order valence-electron chi connectivity index (χ4n) is 12.3. The molecule has 6 saturated heterocycles. The van der Waals surface area contributed by atoms with E-state index in [2.05, 4.69) is 41.5 Å². The Morgan fingerprint density at radius 2 is 1.23 bits per heavy atom. The second kappa shape index (κ2) is 11.4. The van der Waals surface area contributed by atoms with Crippen molar-refractivity contribution in [3.8, 4) is 0 Å². The highest BCUT2D eigenvalue weighted by molar-refractivity contribution is 5.90. The van der Waals surface area contributed by atoms with Gasteiger partial charge in [-0.25, -0.2) is 24.3 Å². The Bertz CT molecular complexity index is 1310. The molecule has 2 spiro atoms. The normalized spacial score (nSPS) is 54.5. The van der Waals surface area contributed by atoms with Crippen LogP contribution in [0.25, 0.3) is 0 Å². The summed E-state index contributed by atoms with van der Waals surface area (Å²) in [7, 11) is 0. The Morgan fingerprint density at radius 3 is 1.77 bits per heavy atom. The van der Waals surface area contributed by atoms with Crippen LogP contribution in [0.4, 0.5) is 0 Å². The number of nitrogens with zero attached hydrogens (tertiary/aromatic N) is 1. The van der Waals surface area contributed by atoms with E-state index in [-0.39, 0.29) is 59.3 Å². The topological polar surface area (TPSA) is 94.0 Å². The summed E-state index contributed by atoms with van der Waals surface area (Å²) in [4.78, 5) is 44.7. The Balaban J connectivity index is 1.14. The number of rotatable bonds is 4. The first kappa shape index (κ1) is 34.0. The van der Waals surface area contributed by atoms with Gasteiger partial charge in [-0.3, -0.25) is 0 Å². The minimum absolute atomic E-state index is 0.0484. The van der Waals surface area contributed by atoms with Crippen LogP contribution in [0, 0.1) is 52.8 Å². The van der Waals surface area contributed by atoms with E-state index in [9.17, 15) is 4.79 Å². The van der Waals surface area contributed by atoms with Crippen LogP contribution in [-0.4, -0.2) is 58.5 Å². The van der Waals surface area contributed by atoms with Crippen LogP contribution in [0.1, 0.15) is 133 Å². The second-order valence-corrected chi connectivity index (χ2v) is 19.3. The van der Waals surface area contributed by atoms with Gasteiger partial charge in [-0.1, -0.05) is 32.9 Å². The summed E-state index contributed by atoms with van der Waals surface area (Å²) in [5, 5.41) is 4.76. The molecule has 0 aromatic carbocycles. The SMILES string of the molecule is C[C@H]1[C@@H](/C(C[C@H]2O[C@@H]3C[C@]4(C)CC[C@H]5[C@H](C)CC[C@@H]([C@H]2C)[C@@]35OO4)=N\OC(=O)C(C)(C)C)O[C@@H]2C[C@]3(C)CC[C@H]4[C@H](C)CC[C@@H]1[C@@]24OO3. The molecule has 4 bridgehead atoms. The van der Waals surface area contributed by atoms with Gasteiger partial charge < -0.3 is 14.3 Å². The van der Waals surface area contributed by atoms with Gasteiger partial charge in [-0.2, -0.15) is 0 Å². The Labute approximate surface area is 287 Å². The van der Waals surface area contributed by atoms with Gasteiger partial charge >= 0.3 is 5.97 Å². The van der Waals surface area contributed by atoms with Crippen molar-refractivity contribution in [1.29, 1.82) is 0 Å². The fraction of sp³-hybridized carbons (Fsp3) is 0.949. The molecule has 10 rings (SSSR count). The molecule has 270 valence electrons. The molecular formula is C39H61NO8. The first-order valence-corrected chi connectivity index (χ1v) is 19.4. The van der Waals surface area contributed by atoms with Crippen molar-refractivity contribution in [3.63, 3.8) is 0 Å². The van der Waals surface area contributed by atoms with Gasteiger partial charge in [0.1, 0.15) is 28.5 Å². The maximum Gasteiger partial charge on any atom is 0.340 e. The quantitative estimate of drug-likeness (QED) is 0.130. The Kier molecular flexibility index (Phi) is 8.11. The van der Waals surface area contributed by atoms with E-state index in [1.165, 1.54) is 12.8 Å². The number of ether oxygens (including phenoxy) is 2. The molecule has 0 unspecified atom stereocenters. The standard InChI is InChI=1S/C39H61NO8/c1-21-10-12-27-23(3)30(42-31-19-36(8)16-14-25(21)38(27,31)47-45-36)18-29(40-44-34(41)35(5,6)7)33-24(4)28-13-11-22(2)26-15-17-37(9)20-32(43-33)39(26,28)48-46-37/h21-28,30-33H,10-20H2,1-9H3/b40-29-/t21-,22-,23-,24-,25+,26+,27+,28+,30-,31-,32-,33+,36+,37+,38-,39-/m1/s1. The van der Waals surface area contributed by atoms with E-state index in [0.29, 0.717) is 36.0 Å². The van der Waals surface area contributed by atoms with Crippen LogP contribution in [0.3, 0.4) is 0 Å². The summed E-state index contributed by atoms with van der Waals surface area (Å²) in [6.45, 7) is 19.4. The molecule has 16 atom stereocenters. The van der Waals surface area contributed by atoms with Crippen LogP contribution in [-0.2, 0) is 38.7 Å². The molecule has 4 aliphatic carbocycles. The van der Waals surface area contributed by atoms with Gasteiger partial charge in [0.15, 0.2) is 0 Å². The van der Waals surface area contributed by atoms with Crippen molar-refractivity contribution in [2.45, 2.75) is 180 Å².